The van der Waals surface area contributed by atoms with E-state index in [-0.39, 0.29) is 6.03 Å². The zero-order valence-electron chi connectivity index (χ0n) is 11.0. The second-order valence-electron chi connectivity index (χ2n) is 4.17. The first-order valence-corrected chi connectivity index (χ1v) is 7.46. The Balaban J connectivity index is 1.96. The molecule has 0 aliphatic carbocycles. The molecule has 0 aliphatic rings. The summed E-state index contributed by atoms with van der Waals surface area (Å²) < 4.78 is 0. The number of nitrogens with zero attached hydrogens (tertiary/aromatic N) is 1. The monoisotopic (exact) mass is 329 g/mol. The molecule has 0 aliphatic heterocycles. The van der Waals surface area contributed by atoms with Crippen LogP contribution in [-0.4, -0.2) is 11.0 Å². The molecule has 2 rings (SSSR count). The quantitative estimate of drug-likeness (QED) is 0.877. The van der Waals surface area contributed by atoms with Crippen molar-refractivity contribution in [2.75, 3.05) is 5.32 Å². The molecule has 0 atom stereocenters. The zero-order valence-corrected chi connectivity index (χ0v) is 13.3. The molecule has 0 fully saturated rings. The minimum Gasteiger partial charge on any atom is -0.333 e. The van der Waals surface area contributed by atoms with Gasteiger partial charge in [-0.2, -0.15) is 0 Å². The van der Waals surface area contributed by atoms with Crippen LogP contribution in [0.3, 0.4) is 0 Å². The molecule has 2 aromatic rings. The smallest absolute Gasteiger partial charge is 0.319 e. The van der Waals surface area contributed by atoms with Gasteiger partial charge in [-0.25, -0.2) is 9.78 Å². The highest BCUT2D eigenvalue weighted by molar-refractivity contribution is 7.11. The number of aromatic nitrogens is 1. The van der Waals surface area contributed by atoms with Crippen molar-refractivity contribution < 1.29 is 4.79 Å². The van der Waals surface area contributed by atoms with Crippen molar-refractivity contribution in [3.8, 4) is 0 Å². The molecule has 7 heteroatoms. The van der Waals surface area contributed by atoms with E-state index in [1.165, 1.54) is 0 Å². The molecule has 4 nitrogen and oxygen atoms in total. The van der Waals surface area contributed by atoms with Crippen molar-refractivity contribution in [3.63, 3.8) is 0 Å². The topological polar surface area (TPSA) is 54.0 Å². The number of nitrogens with one attached hydrogen (secondary N) is 2. The van der Waals surface area contributed by atoms with Gasteiger partial charge in [0.1, 0.15) is 0 Å². The highest BCUT2D eigenvalue weighted by atomic mass is 35.5. The minimum atomic E-state index is -0.334. The third-order valence-corrected chi connectivity index (χ3v) is 4.22. The van der Waals surface area contributed by atoms with Gasteiger partial charge >= 0.3 is 6.03 Å². The molecule has 0 unspecified atom stereocenters. The van der Waals surface area contributed by atoms with E-state index in [1.54, 1.807) is 29.5 Å². The highest BCUT2D eigenvalue weighted by Crippen LogP contribution is 2.25. The van der Waals surface area contributed by atoms with E-state index >= 15 is 0 Å². The second-order valence-corrected chi connectivity index (χ2v) is 6.30. The molecule has 0 spiro atoms. The summed E-state index contributed by atoms with van der Waals surface area (Å²) >= 11 is 13.4. The Morgan fingerprint density at radius 3 is 2.75 bits per heavy atom. The number of halogens is 2. The number of thiazole rings is 1. The number of anilines is 1. The number of carbonyl (C=O) groups excluding carboxylic acids is 1. The van der Waals surface area contributed by atoms with E-state index in [1.807, 2.05) is 13.8 Å². The summed E-state index contributed by atoms with van der Waals surface area (Å²) in [5.41, 5.74) is 1.42. The Morgan fingerprint density at radius 1 is 1.35 bits per heavy atom. The Morgan fingerprint density at radius 2 is 2.10 bits per heavy atom. The van der Waals surface area contributed by atoms with Crippen LogP contribution >= 0.6 is 34.5 Å². The number of benzene rings is 1. The molecule has 2 amide bonds. The van der Waals surface area contributed by atoms with Gasteiger partial charge in [0, 0.05) is 9.90 Å². The fourth-order valence-corrected chi connectivity index (χ4v) is 2.87. The molecule has 0 saturated heterocycles. The zero-order chi connectivity index (χ0) is 14.7. The molecule has 0 bridgehead atoms. The maximum Gasteiger partial charge on any atom is 0.319 e. The van der Waals surface area contributed by atoms with Crippen LogP contribution in [0.4, 0.5) is 10.5 Å². The van der Waals surface area contributed by atoms with Gasteiger partial charge in [-0.1, -0.05) is 23.2 Å². The molecule has 0 radical (unpaired) electrons. The molecule has 1 heterocycles. The Kier molecular flexibility index (Phi) is 4.86. The van der Waals surface area contributed by atoms with E-state index in [2.05, 4.69) is 15.6 Å². The Hall–Kier alpha value is -1.30. The van der Waals surface area contributed by atoms with Crippen LogP contribution in [0.15, 0.2) is 18.2 Å². The fourth-order valence-electron chi connectivity index (χ4n) is 1.66. The lowest BCUT2D eigenvalue weighted by atomic mass is 10.3. The van der Waals surface area contributed by atoms with Crippen molar-refractivity contribution in [3.05, 3.63) is 43.8 Å². The first-order chi connectivity index (χ1) is 9.45. The normalized spacial score (nSPS) is 10.4. The third-order valence-electron chi connectivity index (χ3n) is 2.59. The van der Waals surface area contributed by atoms with Crippen molar-refractivity contribution in [1.82, 2.24) is 10.3 Å². The van der Waals surface area contributed by atoms with Crippen LogP contribution in [0.25, 0.3) is 0 Å². The number of hydrogen-bond donors (Lipinski definition) is 2. The first kappa shape index (κ1) is 15.1. The number of rotatable bonds is 3. The molecule has 1 aromatic heterocycles. The van der Waals surface area contributed by atoms with Crippen LogP contribution in [0.2, 0.25) is 10.0 Å². The third kappa shape index (κ3) is 3.85. The Labute approximate surface area is 131 Å². The summed E-state index contributed by atoms with van der Waals surface area (Å²) in [6.07, 6.45) is 0. The van der Waals surface area contributed by atoms with Crippen molar-refractivity contribution in [1.29, 1.82) is 0 Å². The summed E-state index contributed by atoms with van der Waals surface area (Å²) in [5, 5.41) is 7.37. The Bertz CT molecular complexity index is 643. The molecular weight excluding hydrogens is 317 g/mol. The van der Waals surface area contributed by atoms with E-state index in [4.69, 9.17) is 23.2 Å². The van der Waals surface area contributed by atoms with Gasteiger partial charge in [-0.05, 0) is 32.0 Å². The maximum atomic E-state index is 11.8. The van der Waals surface area contributed by atoms with Gasteiger partial charge in [0.05, 0.1) is 28.0 Å². The van der Waals surface area contributed by atoms with Crippen LogP contribution in [-0.2, 0) is 6.54 Å². The van der Waals surface area contributed by atoms with Gasteiger partial charge in [0.15, 0.2) is 0 Å². The van der Waals surface area contributed by atoms with E-state index in [0.29, 0.717) is 22.3 Å². The molecular formula is C13H13Cl2N3OS. The summed E-state index contributed by atoms with van der Waals surface area (Å²) in [5.74, 6) is 0. The van der Waals surface area contributed by atoms with Gasteiger partial charge in [-0.3, -0.25) is 0 Å². The summed E-state index contributed by atoms with van der Waals surface area (Å²) in [7, 11) is 0. The lowest BCUT2D eigenvalue weighted by Crippen LogP contribution is -2.28. The number of carbonyl (C=O) groups is 1. The lowest BCUT2D eigenvalue weighted by Gasteiger charge is -2.09. The second kappa shape index (κ2) is 6.43. The van der Waals surface area contributed by atoms with Crippen molar-refractivity contribution in [2.24, 2.45) is 0 Å². The number of amides is 2. The number of hydrogen-bond acceptors (Lipinski definition) is 3. The first-order valence-electron chi connectivity index (χ1n) is 5.88. The standard InChI is InChI=1S/C13H13Cl2N3OS/c1-7-12(20-8(2)17-7)6-16-13(19)18-11-5-9(14)3-4-10(11)15/h3-5H,6H2,1-2H3,(H2,16,18,19). The molecule has 20 heavy (non-hydrogen) atoms. The molecule has 1 aromatic carbocycles. The van der Waals surface area contributed by atoms with Crippen LogP contribution in [0, 0.1) is 13.8 Å². The van der Waals surface area contributed by atoms with Gasteiger partial charge in [0.2, 0.25) is 0 Å². The van der Waals surface area contributed by atoms with E-state index < -0.39 is 0 Å². The van der Waals surface area contributed by atoms with Gasteiger partial charge in [-0.15, -0.1) is 11.3 Å². The SMILES string of the molecule is Cc1nc(C)c(CNC(=O)Nc2cc(Cl)ccc2Cl)s1. The van der Waals surface area contributed by atoms with Crippen molar-refractivity contribution >= 4 is 46.3 Å². The highest BCUT2D eigenvalue weighted by Gasteiger charge is 2.09. The minimum absolute atomic E-state index is 0.334. The summed E-state index contributed by atoms with van der Waals surface area (Å²) in [6.45, 7) is 4.29. The van der Waals surface area contributed by atoms with Gasteiger partial charge in [0.25, 0.3) is 0 Å². The predicted molar refractivity (Wildman–Crippen MR) is 83.9 cm³/mol. The largest absolute Gasteiger partial charge is 0.333 e. The van der Waals surface area contributed by atoms with Crippen LogP contribution in [0.1, 0.15) is 15.6 Å². The van der Waals surface area contributed by atoms with E-state index in [0.717, 1.165) is 15.6 Å². The van der Waals surface area contributed by atoms with Crippen LogP contribution < -0.4 is 10.6 Å². The average molecular weight is 330 g/mol. The average Bonchev–Trinajstić information content (AvgIpc) is 2.70. The lowest BCUT2D eigenvalue weighted by molar-refractivity contribution is 0.252. The molecule has 2 N–H and O–H groups in total. The van der Waals surface area contributed by atoms with Gasteiger partial charge < -0.3 is 10.6 Å². The molecule has 106 valence electrons. The molecule has 0 saturated carbocycles. The fraction of sp³-hybridized carbons (Fsp3) is 0.231. The van der Waals surface area contributed by atoms with E-state index in [9.17, 15) is 4.79 Å². The maximum absolute atomic E-state index is 11.8. The van der Waals surface area contributed by atoms with Crippen LogP contribution in [0.5, 0.6) is 0 Å². The summed E-state index contributed by atoms with van der Waals surface area (Å²) in [4.78, 5) is 17.2. The number of urea groups is 1. The predicted octanol–water partition coefficient (Wildman–Crippen LogP) is 4.39. The van der Waals surface area contributed by atoms with Crippen molar-refractivity contribution in [2.45, 2.75) is 20.4 Å². The number of aryl methyl sites for hydroxylation is 2. The summed E-state index contributed by atoms with van der Waals surface area (Å²) in [6, 6.07) is 4.57.